The fourth-order valence-corrected chi connectivity index (χ4v) is 3.25. The number of likely N-dealkylation sites (N-methyl/N-ethyl adjacent to an activating group) is 1. The van der Waals surface area contributed by atoms with Crippen molar-refractivity contribution in [1.82, 2.24) is 9.80 Å². The number of benzene rings is 1. The van der Waals surface area contributed by atoms with Crippen LogP contribution in [0.2, 0.25) is 5.02 Å². The molecule has 144 valence electrons. The molecule has 1 heterocycles. The Bertz CT molecular complexity index is 640. The molecule has 1 fully saturated rings. The molecule has 26 heavy (non-hydrogen) atoms. The number of carboxylic acid groups (broad SMARTS) is 1. The van der Waals surface area contributed by atoms with Crippen LogP contribution in [-0.4, -0.2) is 79.8 Å². The molecule has 7 nitrogen and oxygen atoms in total. The third-order valence-corrected chi connectivity index (χ3v) is 4.55. The zero-order valence-electron chi connectivity index (χ0n) is 15.1. The number of carboxylic acids is 1. The molecule has 0 aliphatic carbocycles. The number of aliphatic carboxylic acids is 1. The number of carbonyl (C=O) groups is 2. The number of nitrogens with zero attached hydrogens (tertiary/aromatic N) is 2. The van der Waals surface area contributed by atoms with E-state index in [9.17, 15) is 9.59 Å². The van der Waals surface area contributed by atoms with E-state index < -0.39 is 5.97 Å². The maximum Gasteiger partial charge on any atom is 0.317 e. The summed E-state index contributed by atoms with van der Waals surface area (Å²) in [4.78, 5) is 26.7. The Morgan fingerprint density at radius 3 is 2.88 bits per heavy atom. The Morgan fingerprint density at radius 1 is 1.46 bits per heavy atom. The highest BCUT2D eigenvalue weighted by atomic mass is 35.5. The van der Waals surface area contributed by atoms with Crippen LogP contribution in [0.4, 0.5) is 0 Å². The third-order valence-electron chi connectivity index (χ3n) is 4.26. The zero-order chi connectivity index (χ0) is 19.1. The van der Waals surface area contributed by atoms with E-state index in [0.717, 1.165) is 5.56 Å². The highest BCUT2D eigenvalue weighted by Gasteiger charge is 2.25. The van der Waals surface area contributed by atoms with Crippen molar-refractivity contribution >= 4 is 23.5 Å². The highest BCUT2D eigenvalue weighted by Crippen LogP contribution is 2.25. The van der Waals surface area contributed by atoms with Gasteiger partial charge in [0.1, 0.15) is 5.75 Å². The number of hydrogen-bond acceptors (Lipinski definition) is 5. The molecule has 1 aliphatic heterocycles. The van der Waals surface area contributed by atoms with Crippen molar-refractivity contribution in [2.24, 2.45) is 0 Å². The second-order valence-electron chi connectivity index (χ2n) is 6.39. The minimum absolute atomic E-state index is 0.0496. The van der Waals surface area contributed by atoms with Crippen molar-refractivity contribution in [3.8, 4) is 5.75 Å². The van der Waals surface area contributed by atoms with Crippen LogP contribution >= 0.6 is 11.6 Å². The van der Waals surface area contributed by atoms with Crippen molar-refractivity contribution in [3.05, 3.63) is 28.8 Å². The number of carbonyl (C=O) groups excluding carboxylic acids is 1. The molecule has 0 aromatic heterocycles. The Balaban J connectivity index is 1.83. The number of amides is 1. The van der Waals surface area contributed by atoms with Crippen LogP contribution in [0.15, 0.2) is 18.2 Å². The number of methoxy groups -OCH3 is 1. The summed E-state index contributed by atoms with van der Waals surface area (Å²) in [5.74, 6) is -0.205. The topological polar surface area (TPSA) is 79.3 Å². The fraction of sp³-hybridized carbons (Fsp3) is 0.556. The Hall–Kier alpha value is -1.83. The Labute approximate surface area is 158 Å². The number of aryl methyl sites for hydroxylation is 1. The molecular formula is C18H25ClN2O5. The normalized spacial score (nSPS) is 17.4. The summed E-state index contributed by atoms with van der Waals surface area (Å²) >= 11 is 6.11. The summed E-state index contributed by atoms with van der Waals surface area (Å²) in [6.07, 6.45) is 0.816. The van der Waals surface area contributed by atoms with Gasteiger partial charge in [-0.2, -0.15) is 0 Å². The highest BCUT2D eigenvalue weighted by molar-refractivity contribution is 6.32. The lowest BCUT2D eigenvalue weighted by atomic mass is 10.1. The van der Waals surface area contributed by atoms with Gasteiger partial charge in [-0.1, -0.05) is 17.7 Å². The van der Waals surface area contributed by atoms with Crippen molar-refractivity contribution < 1.29 is 24.2 Å². The van der Waals surface area contributed by atoms with Gasteiger partial charge >= 0.3 is 5.97 Å². The number of hydrogen-bond donors (Lipinski definition) is 1. The second kappa shape index (κ2) is 9.75. The van der Waals surface area contributed by atoms with Gasteiger partial charge in [-0.05, 0) is 31.2 Å². The lowest BCUT2D eigenvalue weighted by molar-refractivity contribution is -0.142. The van der Waals surface area contributed by atoms with E-state index in [1.165, 1.54) is 0 Å². The molecule has 1 amide bonds. The minimum atomic E-state index is -0.880. The van der Waals surface area contributed by atoms with Crippen LogP contribution < -0.4 is 4.74 Å². The minimum Gasteiger partial charge on any atom is -0.495 e. The van der Waals surface area contributed by atoms with E-state index in [1.807, 2.05) is 12.1 Å². The molecule has 8 heteroatoms. The second-order valence-corrected chi connectivity index (χ2v) is 6.80. The zero-order valence-corrected chi connectivity index (χ0v) is 15.9. The van der Waals surface area contributed by atoms with Crippen molar-refractivity contribution in [2.75, 3.05) is 46.9 Å². The molecule has 1 aliphatic rings. The summed E-state index contributed by atoms with van der Waals surface area (Å²) in [7, 11) is 3.29. The van der Waals surface area contributed by atoms with Crippen LogP contribution in [0.25, 0.3) is 0 Å². The number of ether oxygens (including phenoxy) is 2. The molecule has 0 radical (unpaired) electrons. The summed E-state index contributed by atoms with van der Waals surface area (Å²) in [6, 6.07) is 5.52. The van der Waals surface area contributed by atoms with E-state index in [4.69, 9.17) is 26.2 Å². The molecule has 1 unspecified atom stereocenters. The van der Waals surface area contributed by atoms with E-state index in [1.54, 1.807) is 30.0 Å². The molecule has 1 atom stereocenters. The number of morpholine rings is 1. The van der Waals surface area contributed by atoms with Crippen LogP contribution in [0.1, 0.15) is 12.0 Å². The predicted molar refractivity (Wildman–Crippen MR) is 97.8 cm³/mol. The SMILES string of the molecule is COc1ccc(CCC(=O)N2CCOC(CN(C)CC(=O)O)C2)cc1Cl. The molecular weight excluding hydrogens is 360 g/mol. The fourth-order valence-electron chi connectivity index (χ4n) is 2.97. The molecule has 1 aromatic rings. The van der Waals surface area contributed by atoms with E-state index >= 15 is 0 Å². The van der Waals surface area contributed by atoms with Gasteiger partial charge < -0.3 is 19.5 Å². The van der Waals surface area contributed by atoms with Gasteiger partial charge in [-0.3, -0.25) is 14.5 Å². The van der Waals surface area contributed by atoms with Crippen molar-refractivity contribution in [2.45, 2.75) is 18.9 Å². The van der Waals surface area contributed by atoms with Gasteiger partial charge in [0.15, 0.2) is 0 Å². The summed E-state index contributed by atoms with van der Waals surface area (Å²) in [6.45, 7) is 1.93. The molecule has 1 saturated heterocycles. The molecule has 2 rings (SSSR count). The van der Waals surface area contributed by atoms with Gasteiger partial charge in [-0.25, -0.2) is 0 Å². The van der Waals surface area contributed by atoms with Gasteiger partial charge in [0.05, 0.1) is 31.4 Å². The van der Waals surface area contributed by atoms with Crippen molar-refractivity contribution in [3.63, 3.8) is 0 Å². The summed E-state index contributed by atoms with van der Waals surface area (Å²) < 4.78 is 10.8. The maximum atomic E-state index is 12.5. The van der Waals surface area contributed by atoms with E-state index in [0.29, 0.717) is 49.9 Å². The summed E-state index contributed by atoms with van der Waals surface area (Å²) in [5.41, 5.74) is 0.982. The molecule has 0 saturated carbocycles. The van der Waals surface area contributed by atoms with Gasteiger partial charge in [0, 0.05) is 26.1 Å². The van der Waals surface area contributed by atoms with E-state index in [2.05, 4.69) is 0 Å². The summed E-state index contributed by atoms with van der Waals surface area (Å²) in [5, 5.41) is 9.35. The van der Waals surface area contributed by atoms with Crippen LogP contribution in [0, 0.1) is 0 Å². The first-order valence-corrected chi connectivity index (χ1v) is 8.89. The number of halogens is 1. The monoisotopic (exact) mass is 384 g/mol. The van der Waals surface area contributed by atoms with Gasteiger partial charge in [0.25, 0.3) is 0 Å². The molecule has 0 bridgehead atoms. The van der Waals surface area contributed by atoms with Crippen LogP contribution in [0.5, 0.6) is 5.75 Å². The molecule has 1 aromatic carbocycles. The van der Waals surface area contributed by atoms with Gasteiger partial charge in [-0.15, -0.1) is 0 Å². The molecule has 1 N–H and O–H groups in total. The maximum absolute atomic E-state index is 12.5. The first kappa shape index (κ1) is 20.5. The Kier molecular flexibility index (Phi) is 7.68. The van der Waals surface area contributed by atoms with Crippen LogP contribution in [0.3, 0.4) is 0 Å². The predicted octanol–water partition coefficient (Wildman–Crippen LogP) is 1.53. The standard InChI is InChI=1S/C18H25ClN2O5/c1-20(12-18(23)24)10-14-11-21(7-8-26-14)17(22)6-4-13-3-5-16(25-2)15(19)9-13/h3,5,9,14H,4,6-8,10-12H2,1-2H3,(H,23,24). The first-order valence-electron chi connectivity index (χ1n) is 8.51. The lowest BCUT2D eigenvalue weighted by Gasteiger charge is -2.34. The smallest absolute Gasteiger partial charge is 0.317 e. The average Bonchev–Trinajstić information content (AvgIpc) is 2.59. The largest absolute Gasteiger partial charge is 0.495 e. The third kappa shape index (κ3) is 6.16. The van der Waals surface area contributed by atoms with Crippen molar-refractivity contribution in [1.29, 1.82) is 0 Å². The molecule has 0 spiro atoms. The Morgan fingerprint density at radius 2 is 2.23 bits per heavy atom. The van der Waals surface area contributed by atoms with Gasteiger partial charge in [0.2, 0.25) is 5.91 Å². The quantitative estimate of drug-likeness (QED) is 0.732. The lowest BCUT2D eigenvalue weighted by Crippen LogP contribution is -2.49. The van der Waals surface area contributed by atoms with E-state index in [-0.39, 0.29) is 18.6 Å². The first-order chi connectivity index (χ1) is 12.4. The number of rotatable bonds is 8. The average molecular weight is 385 g/mol. The van der Waals surface area contributed by atoms with Crippen LogP contribution in [-0.2, 0) is 20.7 Å².